The van der Waals surface area contributed by atoms with Crippen molar-refractivity contribution in [1.29, 1.82) is 5.26 Å². The van der Waals surface area contributed by atoms with Crippen LogP contribution in [0.15, 0.2) is 18.2 Å². The van der Waals surface area contributed by atoms with Crippen LogP contribution in [0.25, 0.3) is 10.2 Å². The molecule has 1 atom stereocenters. The van der Waals surface area contributed by atoms with Gasteiger partial charge in [0, 0.05) is 24.9 Å². The number of aromatic nitrogens is 1. The minimum Gasteiger partial charge on any atom is -0.358 e. The molecule has 0 bridgehead atoms. The molecule has 108 valence electrons. The highest BCUT2D eigenvalue weighted by molar-refractivity contribution is 7.18. The zero-order chi connectivity index (χ0) is 15.4. The zero-order valence-corrected chi connectivity index (χ0v) is 12.8. The molecule has 1 amide bonds. The van der Waals surface area contributed by atoms with Gasteiger partial charge in [-0.2, -0.15) is 5.26 Å². The van der Waals surface area contributed by atoms with E-state index < -0.39 is 17.6 Å². The minimum absolute atomic E-state index is 0.110. The molecule has 0 aliphatic rings. The van der Waals surface area contributed by atoms with Crippen LogP contribution in [0.3, 0.4) is 0 Å². The third-order valence-corrected chi connectivity index (χ3v) is 4.27. The summed E-state index contributed by atoms with van der Waals surface area (Å²) >= 11 is 7.37. The molecule has 0 unspecified atom stereocenters. The third kappa shape index (κ3) is 3.57. The molecule has 1 aromatic carbocycles. The highest BCUT2D eigenvalue weighted by atomic mass is 35.5. The van der Waals surface area contributed by atoms with Gasteiger partial charge >= 0.3 is 0 Å². The van der Waals surface area contributed by atoms with Gasteiger partial charge in [0.2, 0.25) is 5.91 Å². The van der Waals surface area contributed by atoms with Gasteiger partial charge in [-0.05, 0) is 18.2 Å². The van der Waals surface area contributed by atoms with Crippen molar-refractivity contribution < 1.29 is 9.59 Å². The van der Waals surface area contributed by atoms with Gasteiger partial charge in [-0.25, -0.2) is 4.98 Å². The molecular weight excluding hydrogens is 310 g/mol. The number of benzene rings is 1. The van der Waals surface area contributed by atoms with Crippen LogP contribution in [0.2, 0.25) is 5.02 Å². The first-order chi connectivity index (χ1) is 10.0. The number of rotatable bonds is 5. The smallest absolute Gasteiger partial charge is 0.244 e. The van der Waals surface area contributed by atoms with Crippen molar-refractivity contribution in [1.82, 2.24) is 10.3 Å². The molecule has 5 nitrogen and oxygen atoms in total. The normalized spacial score (nSPS) is 11.9. The van der Waals surface area contributed by atoms with E-state index in [1.165, 1.54) is 18.4 Å². The van der Waals surface area contributed by atoms with Gasteiger partial charge in [0.05, 0.1) is 21.3 Å². The number of hydrogen-bond donors (Lipinski definition) is 1. The molecule has 0 aliphatic heterocycles. The molecule has 1 heterocycles. The quantitative estimate of drug-likeness (QED) is 0.857. The molecule has 0 fully saturated rings. The average molecular weight is 322 g/mol. The molecule has 0 spiro atoms. The van der Waals surface area contributed by atoms with Gasteiger partial charge in [0.15, 0.2) is 11.7 Å². The lowest BCUT2D eigenvalue weighted by molar-refractivity contribution is -0.131. The van der Waals surface area contributed by atoms with Crippen LogP contribution in [0.5, 0.6) is 0 Å². The molecule has 0 aliphatic carbocycles. The van der Waals surface area contributed by atoms with Crippen molar-refractivity contribution in [3.8, 4) is 6.07 Å². The Balaban J connectivity index is 2.06. The number of nitrogens with zero attached hydrogens (tertiary/aromatic N) is 2. The van der Waals surface area contributed by atoms with Crippen molar-refractivity contribution in [3.63, 3.8) is 0 Å². The Labute approximate surface area is 130 Å². The number of thiazole rings is 1. The van der Waals surface area contributed by atoms with E-state index in [9.17, 15) is 9.59 Å². The van der Waals surface area contributed by atoms with E-state index in [1.807, 2.05) is 6.07 Å². The lowest BCUT2D eigenvalue weighted by Crippen LogP contribution is -2.32. The van der Waals surface area contributed by atoms with Gasteiger partial charge in [-0.3, -0.25) is 9.59 Å². The second-order valence-corrected chi connectivity index (χ2v) is 5.91. The number of aryl methyl sites for hydroxylation is 1. The molecule has 2 aromatic rings. The molecule has 2 rings (SSSR count). The first-order valence-corrected chi connectivity index (χ1v) is 7.43. The van der Waals surface area contributed by atoms with Gasteiger partial charge < -0.3 is 5.32 Å². The molecule has 7 heteroatoms. The Morgan fingerprint density at radius 1 is 1.52 bits per heavy atom. The SMILES string of the molecule is CNC(=O)[C@@H](C#N)C(=O)CCc1nc2cc(Cl)ccc2s1. The Bertz CT molecular complexity index is 735. The van der Waals surface area contributed by atoms with Crippen LogP contribution in [0.4, 0.5) is 0 Å². The first kappa shape index (κ1) is 15.4. The fourth-order valence-electron chi connectivity index (χ4n) is 1.85. The van der Waals surface area contributed by atoms with E-state index in [0.29, 0.717) is 11.4 Å². The summed E-state index contributed by atoms with van der Waals surface area (Å²) in [5.41, 5.74) is 0.790. The number of hydrogen-bond acceptors (Lipinski definition) is 5. The topological polar surface area (TPSA) is 82.9 Å². The maximum atomic E-state index is 11.9. The summed E-state index contributed by atoms with van der Waals surface area (Å²) < 4.78 is 0.991. The molecule has 21 heavy (non-hydrogen) atoms. The minimum atomic E-state index is -1.25. The summed E-state index contributed by atoms with van der Waals surface area (Å²) in [6.45, 7) is 0. The number of carbonyl (C=O) groups is 2. The van der Waals surface area contributed by atoms with Crippen molar-refractivity contribution in [2.45, 2.75) is 12.8 Å². The number of nitriles is 1. The highest BCUT2D eigenvalue weighted by Gasteiger charge is 2.25. The van der Waals surface area contributed by atoms with Gasteiger partial charge in [-0.1, -0.05) is 11.6 Å². The second kappa shape index (κ2) is 6.66. The van der Waals surface area contributed by atoms with Crippen LogP contribution < -0.4 is 5.32 Å². The first-order valence-electron chi connectivity index (χ1n) is 6.24. The number of halogens is 1. The summed E-state index contributed by atoms with van der Waals surface area (Å²) in [6.07, 6.45) is 0.518. The third-order valence-electron chi connectivity index (χ3n) is 2.94. The predicted octanol–water partition coefficient (Wildman–Crippen LogP) is 2.34. The van der Waals surface area contributed by atoms with E-state index in [4.69, 9.17) is 16.9 Å². The van der Waals surface area contributed by atoms with Crippen LogP contribution in [-0.4, -0.2) is 23.7 Å². The molecule has 0 saturated heterocycles. The maximum Gasteiger partial charge on any atom is 0.244 e. The van der Waals surface area contributed by atoms with Crippen molar-refractivity contribution >= 4 is 44.8 Å². The number of Topliss-reactive ketones (excluding diaryl/α,β-unsaturated/α-hetero) is 1. The average Bonchev–Trinajstić information content (AvgIpc) is 2.87. The van der Waals surface area contributed by atoms with Crippen LogP contribution in [0, 0.1) is 17.2 Å². The molecular formula is C14H12ClN3O2S. The number of amides is 1. The number of carbonyl (C=O) groups excluding carboxylic acids is 2. The van der Waals surface area contributed by atoms with E-state index in [0.717, 1.165) is 15.2 Å². The lowest BCUT2D eigenvalue weighted by atomic mass is 10.0. The van der Waals surface area contributed by atoms with Crippen molar-refractivity contribution in [3.05, 3.63) is 28.2 Å². The largest absolute Gasteiger partial charge is 0.358 e. The monoisotopic (exact) mass is 321 g/mol. The maximum absolute atomic E-state index is 11.9. The van der Waals surface area contributed by atoms with Gasteiger partial charge in [0.1, 0.15) is 0 Å². The molecule has 0 saturated carbocycles. The summed E-state index contributed by atoms with van der Waals surface area (Å²) in [5, 5.41) is 12.6. The Kier molecular flexibility index (Phi) is 4.89. The Morgan fingerprint density at radius 2 is 2.29 bits per heavy atom. The van der Waals surface area contributed by atoms with Crippen LogP contribution in [0.1, 0.15) is 11.4 Å². The molecule has 1 N–H and O–H groups in total. The zero-order valence-electron chi connectivity index (χ0n) is 11.2. The number of nitrogens with one attached hydrogen (secondary N) is 1. The number of ketones is 1. The Morgan fingerprint density at radius 3 is 2.95 bits per heavy atom. The van der Waals surface area contributed by atoms with E-state index in [2.05, 4.69) is 10.3 Å². The van der Waals surface area contributed by atoms with Crippen LogP contribution >= 0.6 is 22.9 Å². The number of fused-ring (bicyclic) bond motifs is 1. The summed E-state index contributed by atoms with van der Waals surface area (Å²) in [4.78, 5) is 27.7. The van der Waals surface area contributed by atoms with Crippen molar-refractivity contribution in [2.24, 2.45) is 5.92 Å². The van der Waals surface area contributed by atoms with E-state index >= 15 is 0 Å². The second-order valence-electron chi connectivity index (χ2n) is 4.36. The summed E-state index contributed by atoms with van der Waals surface area (Å²) in [5.74, 6) is -2.22. The standard InChI is InChI=1S/C14H12ClN3O2S/c1-17-14(20)9(7-16)11(19)3-5-13-18-10-6-8(15)2-4-12(10)21-13/h2,4,6,9H,3,5H2,1H3,(H,17,20)/t9-/m0/s1. The highest BCUT2D eigenvalue weighted by Crippen LogP contribution is 2.25. The van der Waals surface area contributed by atoms with Gasteiger partial charge in [0.25, 0.3) is 0 Å². The van der Waals surface area contributed by atoms with Crippen molar-refractivity contribution in [2.75, 3.05) is 7.05 Å². The van der Waals surface area contributed by atoms with Crippen LogP contribution in [-0.2, 0) is 16.0 Å². The summed E-state index contributed by atoms with van der Waals surface area (Å²) in [7, 11) is 1.40. The Hall–Kier alpha value is -1.97. The van der Waals surface area contributed by atoms with E-state index in [-0.39, 0.29) is 6.42 Å². The molecule has 1 aromatic heterocycles. The lowest BCUT2D eigenvalue weighted by Gasteiger charge is -2.05. The molecule has 0 radical (unpaired) electrons. The van der Waals surface area contributed by atoms with E-state index in [1.54, 1.807) is 18.2 Å². The fourth-order valence-corrected chi connectivity index (χ4v) is 2.96. The van der Waals surface area contributed by atoms with Gasteiger partial charge in [-0.15, -0.1) is 11.3 Å². The fraction of sp³-hybridized carbons (Fsp3) is 0.286. The summed E-state index contributed by atoms with van der Waals surface area (Å²) in [6, 6.07) is 7.16. The predicted molar refractivity (Wildman–Crippen MR) is 81.1 cm³/mol.